The van der Waals surface area contributed by atoms with E-state index in [-0.39, 0.29) is 10.8 Å². The van der Waals surface area contributed by atoms with E-state index in [1.165, 1.54) is 25.5 Å². The molecule has 0 aromatic heterocycles. The fraction of sp³-hybridized carbons (Fsp3) is 0.250. The highest BCUT2D eigenvalue weighted by Gasteiger charge is 2.19. The lowest BCUT2D eigenvalue weighted by Crippen LogP contribution is -2.31. The first-order chi connectivity index (χ1) is 6.32. The molecule has 1 rings (SSSR count). The Hall–Kier alpha value is -0.635. The molecule has 14 heavy (non-hydrogen) atoms. The highest BCUT2D eigenvalue weighted by Crippen LogP contribution is 2.35. The summed E-state index contributed by atoms with van der Waals surface area (Å²) in [6.45, 7) is 2.92. The lowest BCUT2D eigenvalue weighted by molar-refractivity contribution is 0.425. The van der Waals surface area contributed by atoms with Crippen molar-refractivity contribution in [1.82, 2.24) is 0 Å². The standard InChI is InChI=1S/C8H11BFO3P/c1-14(2,13)8-4-3-6(9(11)12)5-7(8)10/h3-5,11-12H,1-2H3. The molecule has 0 heterocycles. The molecule has 2 N–H and O–H groups in total. The van der Waals surface area contributed by atoms with Gasteiger partial charge in [-0.1, -0.05) is 6.07 Å². The first-order valence-corrected chi connectivity index (χ1v) is 6.63. The predicted molar refractivity (Wildman–Crippen MR) is 55.3 cm³/mol. The van der Waals surface area contributed by atoms with E-state index in [9.17, 15) is 8.96 Å². The molecule has 0 radical (unpaired) electrons. The van der Waals surface area contributed by atoms with Gasteiger partial charge in [0.1, 0.15) is 13.0 Å². The second kappa shape index (κ2) is 3.85. The Morgan fingerprint density at radius 3 is 2.29 bits per heavy atom. The van der Waals surface area contributed by atoms with Gasteiger partial charge in [0.25, 0.3) is 0 Å². The van der Waals surface area contributed by atoms with E-state index in [2.05, 4.69) is 0 Å². The quantitative estimate of drug-likeness (QED) is 0.529. The van der Waals surface area contributed by atoms with Crippen LogP contribution in [0.25, 0.3) is 0 Å². The SMILES string of the molecule is CP(C)(=O)c1ccc(B(O)O)cc1F. The number of hydrogen-bond acceptors (Lipinski definition) is 3. The second-order valence-electron chi connectivity index (χ2n) is 3.44. The van der Waals surface area contributed by atoms with Crippen LogP contribution in [0.1, 0.15) is 0 Å². The second-order valence-corrected chi connectivity index (χ2v) is 6.62. The zero-order chi connectivity index (χ0) is 10.9. The Balaban J connectivity index is 3.21. The molecule has 0 amide bonds. The highest BCUT2D eigenvalue weighted by molar-refractivity contribution is 7.70. The summed E-state index contributed by atoms with van der Waals surface area (Å²) in [4.78, 5) is 0. The molecule has 0 unspecified atom stereocenters. The molecule has 1 aromatic carbocycles. The largest absolute Gasteiger partial charge is 0.488 e. The average molecular weight is 216 g/mol. The van der Waals surface area contributed by atoms with Gasteiger partial charge in [-0.2, -0.15) is 0 Å². The normalized spacial score (nSPS) is 11.5. The third-order valence-corrected chi connectivity index (χ3v) is 3.37. The molecule has 6 heteroatoms. The molecule has 0 aliphatic rings. The molecule has 0 saturated carbocycles. The number of rotatable bonds is 2. The maximum absolute atomic E-state index is 13.3. The molecule has 76 valence electrons. The minimum absolute atomic E-state index is 0.0553. The van der Waals surface area contributed by atoms with Gasteiger partial charge in [0.05, 0.1) is 0 Å². The van der Waals surface area contributed by atoms with E-state index in [0.717, 1.165) is 6.07 Å². The van der Waals surface area contributed by atoms with Crippen LogP contribution in [0.15, 0.2) is 18.2 Å². The lowest BCUT2D eigenvalue weighted by atomic mass is 9.80. The van der Waals surface area contributed by atoms with Crippen LogP contribution in [0.5, 0.6) is 0 Å². The van der Waals surface area contributed by atoms with Gasteiger partial charge in [-0.05, 0) is 30.9 Å². The minimum atomic E-state index is -2.64. The van der Waals surface area contributed by atoms with E-state index in [1.807, 2.05) is 0 Å². The zero-order valence-electron chi connectivity index (χ0n) is 7.94. The van der Waals surface area contributed by atoms with Crippen molar-refractivity contribution in [2.45, 2.75) is 0 Å². The van der Waals surface area contributed by atoms with E-state index >= 15 is 0 Å². The maximum Gasteiger partial charge on any atom is 0.488 e. The van der Waals surface area contributed by atoms with Crippen molar-refractivity contribution in [3.8, 4) is 0 Å². The average Bonchev–Trinajstić information content (AvgIpc) is 2.01. The third-order valence-electron chi connectivity index (χ3n) is 1.85. The summed E-state index contributed by atoms with van der Waals surface area (Å²) in [5.41, 5.74) is 0.0553. The van der Waals surface area contributed by atoms with Crippen LogP contribution in [0.3, 0.4) is 0 Å². The fourth-order valence-electron chi connectivity index (χ4n) is 1.12. The Bertz CT molecular complexity index is 388. The summed E-state index contributed by atoms with van der Waals surface area (Å²) < 4.78 is 24.9. The first-order valence-electron chi connectivity index (χ1n) is 4.03. The van der Waals surface area contributed by atoms with Gasteiger partial charge < -0.3 is 14.6 Å². The van der Waals surface area contributed by atoms with Crippen molar-refractivity contribution < 1.29 is 19.0 Å². The molecule has 0 aliphatic heterocycles. The molecule has 0 aliphatic carbocycles. The van der Waals surface area contributed by atoms with Crippen LogP contribution < -0.4 is 10.8 Å². The van der Waals surface area contributed by atoms with E-state index in [4.69, 9.17) is 10.0 Å². The fourth-order valence-corrected chi connectivity index (χ4v) is 2.13. The van der Waals surface area contributed by atoms with Gasteiger partial charge in [-0.15, -0.1) is 0 Å². The summed E-state index contributed by atoms with van der Waals surface area (Å²) in [5.74, 6) is -0.663. The molecule has 0 saturated heterocycles. The number of halogens is 1. The van der Waals surface area contributed by atoms with Gasteiger partial charge in [0.15, 0.2) is 0 Å². The van der Waals surface area contributed by atoms with Crippen LogP contribution in [-0.4, -0.2) is 30.5 Å². The van der Waals surface area contributed by atoms with Gasteiger partial charge in [0.2, 0.25) is 0 Å². The van der Waals surface area contributed by atoms with Crippen molar-refractivity contribution in [1.29, 1.82) is 0 Å². The minimum Gasteiger partial charge on any atom is -0.423 e. The third kappa shape index (κ3) is 2.44. The van der Waals surface area contributed by atoms with Crippen LogP contribution in [0.4, 0.5) is 4.39 Å². The Kier molecular flexibility index (Phi) is 3.15. The van der Waals surface area contributed by atoms with Crippen molar-refractivity contribution in [2.75, 3.05) is 13.3 Å². The van der Waals surface area contributed by atoms with Crippen molar-refractivity contribution in [3.05, 3.63) is 24.0 Å². The summed E-state index contributed by atoms with van der Waals surface area (Å²) in [5, 5.41) is 17.7. The van der Waals surface area contributed by atoms with Crippen LogP contribution in [0.2, 0.25) is 0 Å². The number of hydrogen-bond donors (Lipinski definition) is 2. The topological polar surface area (TPSA) is 57.5 Å². The molecule has 0 fully saturated rings. The Morgan fingerprint density at radius 1 is 1.36 bits per heavy atom. The van der Waals surface area contributed by atoms with Gasteiger partial charge >= 0.3 is 7.12 Å². The van der Waals surface area contributed by atoms with Crippen molar-refractivity contribution in [2.24, 2.45) is 0 Å². The van der Waals surface area contributed by atoms with Gasteiger partial charge in [-0.3, -0.25) is 0 Å². The smallest absolute Gasteiger partial charge is 0.423 e. The van der Waals surface area contributed by atoms with E-state index in [1.54, 1.807) is 0 Å². The Labute approximate surface area is 82.1 Å². The monoisotopic (exact) mass is 216 g/mol. The van der Waals surface area contributed by atoms with Crippen molar-refractivity contribution in [3.63, 3.8) is 0 Å². The van der Waals surface area contributed by atoms with E-state index < -0.39 is 20.1 Å². The van der Waals surface area contributed by atoms with Crippen molar-refractivity contribution >= 4 is 25.0 Å². The highest BCUT2D eigenvalue weighted by atomic mass is 31.2. The molecule has 0 spiro atoms. The maximum atomic E-state index is 13.3. The molecule has 1 aromatic rings. The zero-order valence-corrected chi connectivity index (χ0v) is 8.83. The summed E-state index contributed by atoms with van der Waals surface area (Å²) in [6.07, 6.45) is 0. The van der Waals surface area contributed by atoms with Crippen LogP contribution in [0, 0.1) is 5.82 Å². The molecular formula is C8H11BFO3P. The molecule has 0 bridgehead atoms. The molecule has 0 atom stereocenters. The summed E-state index contributed by atoms with van der Waals surface area (Å²) >= 11 is 0. The van der Waals surface area contributed by atoms with Crippen LogP contribution in [-0.2, 0) is 4.57 Å². The lowest BCUT2D eigenvalue weighted by Gasteiger charge is -2.09. The van der Waals surface area contributed by atoms with Gasteiger partial charge in [-0.25, -0.2) is 4.39 Å². The summed E-state index contributed by atoms with van der Waals surface area (Å²) in [6, 6.07) is 3.66. The van der Waals surface area contributed by atoms with E-state index in [0.29, 0.717) is 0 Å². The predicted octanol–water partition coefficient (Wildman–Crippen LogP) is -0.246. The molecule has 3 nitrogen and oxygen atoms in total. The Morgan fingerprint density at radius 2 is 1.93 bits per heavy atom. The van der Waals surface area contributed by atoms with Gasteiger partial charge in [0, 0.05) is 5.30 Å². The summed E-state index contributed by atoms with van der Waals surface area (Å²) in [7, 11) is -4.35. The van der Waals surface area contributed by atoms with Crippen LogP contribution >= 0.6 is 7.14 Å². The molecular weight excluding hydrogens is 205 g/mol. The number of benzene rings is 1. The first kappa shape index (κ1) is 11.4.